The van der Waals surface area contributed by atoms with Gasteiger partial charge in [-0.1, -0.05) is 41.4 Å². The first-order valence-electron chi connectivity index (χ1n) is 10.8. The van der Waals surface area contributed by atoms with Crippen molar-refractivity contribution in [2.24, 2.45) is 0 Å². The van der Waals surface area contributed by atoms with Crippen LogP contribution in [-0.2, 0) is 12.7 Å². The van der Waals surface area contributed by atoms with Gasteiger partial charge in [-0.3, -0.25) is 9.67 Å². The minimum Gasteiger partial charge on any atom is -0.491 e. The van der Waals surface area contributed by atoms with Crippen LogP contribution in [0.3, 0.4) is 0 Å². The van der Waals surface area contributed by atoms with E-state index in [-0.39, 0.29) is 23.0 Å². The molecule has 5 rings (SSSR count). The highest BCUT2D eigenvalue weighted by Crippen LogP contribution is 2.39. The predicted octanol–water partition coefficient (Wildman–Crippen LogP) is 7.01. The van der Waals surface area contributed by atoms with Crippen molar-refractivity contribution in [1.82, 2.24) is 24.7 Å². The van der Waals surface area contributed by atoms with Crippen LogP contribution in [0, 0.1) is 0 Å². The Morgan fingerprint density at radius 1 is 1.03 bits per heavy atom. The molecule has 0 aliphatic heterocycles. The first kappa shape index (κ1) is 24.8. The van der Waals surface area contributed by atoms with Gasteiger partial charge in [-0.2, -0.15) is 18.3 Å². The smallest absolute Gasteiger partial charge is 0.417 e. The van der Waals surface area contributed by atoms with E-state index in [1.165, 1.54) is 24.1 Å². The number of nitrogens with zero attached hydrogens (tertiary/aromatic N) is 5. The lowest BCUT2D eigenvalue weighted by Gasteiger charge is -2.14. The Morgan fingerprint density at radius 2 is 1.78 bits per heavy atom. The number of pyridine rings is 1. The Kier molecular flexibility index (Phi) is 6.61. The zero-order chi connectivity index (χ0) is 26.2. The molecule has 2 aromatic carbocycles. The number of hydrogen-bond acceptors (Lipinski definition) is 6. The SMILES string of the molecule is COc1cnc(-c2nn(Cc3c(Cl)ccc(C(F)(F)F)c3Cl)c3ccccc23)nc1Nc1ccncc1. The van der Waals surface area contributed by atoms with Crippen molar-refractivity contribution in [1.29, 1.82) is 0 Å². The van der Waals surface area contributed by atoms with E-state index < -0.39 is 16.8 Å². The Labute approximate surface area is 218 Å². The van der Waals surface area contributed by atoms with Gasteiger partial charge in [0, 0.05) is 34.1 Å². The highest BCUT2D eigenvalue weighted by atomic mass is 35.5. The molecule has 0 bridgehead atoms. The molecule has 0 saturated heterocycles. The summed E-state index contributed by atoms with van der Waals surface area (Å²) in [6, 6.07) is 12.8. The molecule has 5 aromatic rings. The summed E-state index contributed by atoms with van der Waals surface area (Å²) >= 11 is 12.4. The molecule has 7 nitrogen and oxygen atoms in total. The van der Waals surface area contributed by atoms with E-state index in [4.69, 9.17) is 27.9 Å². The largest absolute Gasteiger partial charge is 0.491 e. The fourth-order valence-corrected chi connectivity index (χ4v) is 4.42. The van der Waals surface area contributed by atoms with Gasteiger partial charge in [0.15, 0.2) is 17.4 Å². The molecule has 0 unspecified atom stereocenters. The summed E-state index contributed by atoms with van der Waals surface area (Å²) in [7, 11) is 1.50. The maximum atomic E-state index is 13.4. The van der Waals surface area contributed by atoms with E-state index in [1.54, 1.807) is 36.7 Å². The molecule has 188 valence electrons. The first-order chi connectivity index (χ1) is 17.8. The lowest BCUT2D eigenvalue weighted by molar-refractivity contribution is -0.137. The molecule has 0 aliphatic carbocycles. The van der Waals surface area contributed by atoms with E-state index in [2.05, 4.69) is 25.4 Å². The molecule has 37 heavy (non-hydrogen) atoms. The lowest BCUT2D eigenvalue weighted by Crippen LogP contribution is -2.10. The summed E-state index contributed by atoms with van der Waals surface area (Å²) in [6.07, 6.45) is 0.162. The third-order valence-electron chi connectivity index (χ3n) is 5.59. The van der Waals surface area contributed by atoms with Gasteiger partial charge in [-0.15, -0.1) is 0 Å². The standard InChI is InChI=1S/C25H17Cl2F3N6O/c1-37-20-12-32-24(34-23(20)33-14-8-10-31-11-9-14)22-15-4-2-3-5-19(15)36(35-22)13-16-18(26)7-6-17(21(16)27)25(28,29)30/h2-12H,13H2,1H3,(H,31,32,33,34). The number of fused-ring (bicyclic) bond motifs is 1. The average molecular weight is 545 g/mol. The molecular formula is C25H17Cl2F3N6O. The summed E-state index contributed by atoms with van der Waals surface area (Å²) < 4.78 is 47.3. The van der Waals surface area contributed by atoms with Crippen LogP contribution in [0.4, 0.5) is 24.7 Å². The maximum Gasteiger partial charge on any atom is 0.417 e. The molecule has 0 saturated carbocycles. The van der Waals surface area contributed by atoms with Crippen LogP contribution < -0.4 is 10.1 Å². The zero-order valence-electron chi connectivity index (χ0n) is 19.1. The summed E-state index contributed by atoms with van der Waals surface area (Å²) in [5.74, 6) is 1.10. The van der Waals surface area contributed by atoms with Crippen molar-refractivity contribution in [3.63, 3.8) is 0 Å². The van der Waals surface area contributed by atoms with E-state index in [9.17, 15) is 13.2 Å². The Morgan fingerprint density at radius 3 is 2.51 bits per heavy atom. The molecule has 0 aliphatic rings. The number of halogens is 5. The second-order valence-electron chi connectivity index (χ2n) is 7.88. The topological polar surface area (TPSA) is 77.8 Å². The molecule has 12 heteroatoms. The van der Waals surface area contributed by atoms with Crippen LogP contribution in [0.1, 0.15) is 11.1 Å². The number of hydrogen-bond donors (Lipinski definition) is 1. The molecular weight excluding hydrogens is 528 g/mol. The number of nitrogens with one attached hydrogen (secondary N) is 1. The van der Waals surface area contributed by atoms with Gasteiger partial charge in [0.2, 0.25) is 0 Å². The number of methoxy groups -OCH3 is 1. The highest BCUT2D eigenvalue weighted by molar-refractivity contribution is 6.36. The van der Waals surface area contributed by atoms with Gasteiger partial charge in [0.05, 0.1) is 36.0 Å². The number of ether oxygens (including phenoxy) is 1. The first-order valence-corrected chi connectivity index (χ1v) is 11.6. The molecule has 0 fully saturated rings. The Hall–Kier alpha value is -3.89. The highest BCUT2D eigenvalue weighted by Gasteiger charge is 2.34. The molecule has 0 radical (unpaired) electrons. The van der Waals surface area contributed by atoms with Crippen molar-refractivity contribution >= 4 is 45.6 Å². The Balaban J connectivity index is 1.60. The van der Waals surface area contributed by atoms with Crippen LogP contribution in [0.2, 0.25) is 10.0 Å². The summed E-state index contributed by atoms with van der Waals surface area (Å²) in [6.45, 7) is -0.0968. The van der Waals surface area contributed by atoms with Gasteiger partial charge in [-0.25, -0.2) is 9.97 Å². The summed E-state index contributed by atoms with van der Waals surface area (Å²) in [4.78, 5) is 13.0. The van der Waals surface area contributed by atoms with Gasteiger partial charge < -0.3 is 10.1 Å². The number of para-hydroxylation sites is 1. The van der Waals surface area contributed by atoms with E-state index in [0.29, 0.717) is 28.2 Å². The molecule has 0 atom stereocenters. The predicted molar refractivity (Wildman–Crippen MR) is 135 cm³/mol. The fourth-order valence-electron chi connectivity index (χ4n) is 3.82. The Bertz CT molecular complexity index is 1590. The van der Waals surface area contributed by atoms with Crippen LogP contribution in [0.15, 0.2) is 67.1 Å². The monoisotopic (exact) mass is 544 g/mol. The molecule has 3 aromatic heterocycles. The van der Waals surface area contributed by atoms with Crippen molar-refractivity contribution in [3.8, 4) is 17.3 Å². The number of aromatic nitrogens is 5. The summed E-state index contributed by atoms with van der Waals surface area (Å²) in [5, 5.41) is 8.15. The van der Waals surface area contributed by atoms with Gasteiger partial charge in [0.25, 0.3) is 0 Å². The quantitative estimate of drug-likeness (QED) is 0.247. The number of alkyl halides is 3. The van der Waals surface area contributed by atoms with Crippen LogP contribution in [-0.4, -0.2) is 31.8 Å². The number of benzene rings is 2. The number of anilines is 2. The van der Waals surface area contributed by atoms with Crippen LogP contribution >= 0.6 is 23.2 Å². The van der Waals surface area contributed by atoms with E-state index >= 15 is 0 Å². The van der Waals surface area contributed by atoms with E-state index in [0.717, 1.165) is 11.8 Å². The maximum absolute atomic E-state index is 13.4. The second kappa shape index (κ2) is 9.87. The van der Waals surface area contributed by atoms with Crippen molar-refractivity contribution in [2.75, 3.05) is 12.4 Å². The van der Waals surface area contributed by atoms with Crippen molar-refractivity contribution in [3.05, 3.63) is 88.3 Å². The normalized spacial score (nSPS) is 11.6. The van der Waals surface area contributed by atoms with Crippen molar-refractivity contribution in [2.45, 2.75) is 12.7 Å². The third kappa shape index (κ3) is 4.90. The summed E-state index contributed by atoms with van der Waals surface area (Å²) in [5.41, 5.74) is 0.951. The van der Waals surface area contributed by atoms with E-state index in [1.807, 2.05) is 12.1 Å². The fraction of sp³-hybridized carbons (Fsp3) is 0.120. The molecule has 3 heterocycles. The van der Waals surface area contributed by atoms with Gasteiger partial charge >= 0.3 is 6.18 Å². The molecule has 1 N–H and O–H groups in total. The van der Waals surface area contributed by atoms with Gasteiger partial charge in [0.1, 0.15) is 5.69 Å². The number of rotatable bonds is 6. The minimum atomic E-state index is -4.62. The van der Waals surface area contributed by atoms with Crippen LogP contribution in [0.5, 0.6) is 5.75 Å². The lowest BCUT2D eigenvalue weighted by atomic mass is 10.1. The minimum absolute atomic E-state index is 0.0968. The second-order valence-corrected chi connectivity index (χ2v) is 8.67. The third-order valence-corrected chi connectivity index (χ3v) is 6.37. The zero-order valence-corrected chi connectivity index (χ0v) is 20.6. The van der Waals surface area contributed by atoms with Crippen LogP contribution in [0.25, 0.3) is 22.4 Å². The average Bonchev–Trinajstić information content (AvgIpc) is 3.25. The van der Waals surface area contributed by atoms with Gasteiger partial charge in [-0.05, 0) is 30.3 Å². The molecule has 0 spiro atoms. The molecule has 0 amide bonds. The van der Waals surface area contributed by atoms with Crippen molar-refractivity contribution < 1.29 is 17.9 Å².